The number of hydrogen-bond donors (Lipinski definition) is 3. The van der Waals surface area contributed by atoms with E-state index in [0.717, 1.165) is 5.82 Å². The molecule has 1 rings (SSSR count). The second-order valence-electron chi connectivity index (χ2n) is 2.10. The number of nitrogens with zero attached hydrogens (tertiary/aromatic N) is 2. The van der Waals surface area contributed by atoms with Gasteiger partial charge in [-0.2, -0.15) is 0 Å². The van der Waals surface area contributed by atoms with Crippen molar-refractivity contribution in [2.75, 3.05) is 0 Å². The molecule has 1 heterocycles. The van der Waals surface area contributed by atoms with Crippen LogP contribution in [0.4, 0.5) is 0 Å². The average molecular weight is 194 g/mol. The van der Waals surface area contributed by atoms with Crippen molar-refractivity contribution in [3.63, 3.8) is 0 Å². The Kier molecular flexibility index (Phi) is 4.12. The third kappa shape index (κ3) is 7.43. The molecular formula is C5H11N2O4P. The van der Waals surface area contributed by atoms with E-state index in [1.54, 1.807) is 6.20 Å². The van der Waals surface area contributed by atoms with Crippen LogP contribution in [0, 0.1) is 6.92 Å². The highest BCUT2D eigenvalue weighted by molar-refractivity contribution is 7.45. The molecule has 0 aliphatic heterocycles. The Bertz CT molecular complexity index is 254. The summed E-state index contributed by atoms with van der Waals surface area (Å²) in [6.07, 6.45) is 3.71. The van der Waals surface area contributed by atoms with Crippen LogP contribution < -0.4 is 0 Å². The smallest absolute Gasteiger partial charge is 0.338 e. The molecule has 0 aromatic carbocycles. The van der Waals surface area contributed by atoms with E-state index in [-0.39, 0.29) is 0 Å². The van der Waals surface area contributed by atoms with Gasteiger partial charge in [0.15, 0.2) is 0 Å². The van der Waals surface area contributed by atoms with E-state index in [0.29, 0.717) is 0 Å². The molecule has 0 fully saturated rings. The Balaban J connectivity index is 0.000000217. The van der Waals surface area contributed by atoms with Gasteiger partial charge in [-0.15, -0.1) is 0 Å². The van der Waals surface area contributed by atoms with Gasteiger partial charge >= 0.3 is 7.82 Å². The number of aromatic nitrogens is 2. The van der Waals surface area contributed by atoms with E-state index in [4.69, 9.17) is 19.2 Å². The standard InChI is InChI=1S/C5H8N2.H3O4P/c1-5-6-3-4-7(5)2;1-5(2,3)4/h3-4H,1-2H3;(H3,1,2,3,4). The quantitative estimate of drug-likeness (QED) is 0.497. The molecule has 0 bridgehead atoms. The summed E-state index contributed by atoms with van der Waals surface area (Å²) in [6, 6.07) is 0. The lowest BCUT2D eigenvalue weighted by Gasteiger charge is -1.87. The predicted molar refractivity (Wildman–Crippen MR) is 42.2 cm³/mol. The first-order valence-corrected chi connectivity index (χ1v) is 4.59. The SMILES string of the molecule is Cc1nccn1C.O=P(O)(O)O. The molecule has 0 unspecified atom stereocenters. The summed E-state index contributed by atoms with van der Waals surface area (Å²) in [4.78, 5) is 25.5. The number of rotatable bonds is 0. The van der Waals surface area contributed by atoms with Crippen molar-refractivity contribution in [2.45, 2.75) is 6.92 Å². The van der Waals surface area contributed by atoms with Crippen molar-refractivity contribution < 1.29 is 19.2 Å². The third-order valence-electron chi connectivity index (χ3n) is 1.06. The van der Waals surface area contributed by atoms with Crippen LogP contribution in [0.15, 0.2) is 12.4 Å². The Labute approximate surface area is 69.7 Å². The molecule has 0 spiro atoms. The minimum Gasteiger partial charge on any atom is -0.338 e. The van der Waals surface area contributed by atoms with E-state index in [2.05, 4.69) is 4.98 Å². The van der Waals surface area contributed by atoms with E-state index >= 15 is 0 Å². The van der Waals surface area contributed by atoms with E-state index in [1.807, 2.05) is 24.7 Å². The van der Waals surface area contributed by atoms with Gasteiger partial charge in [-0.05, 0) is 6.92 Å². The topological polar surface area (TPSA) is 95.6 Å². The second-order valence-corrected chi connectivity index (χ2v) is 3.13. The molecule has 6 nitrogen and oxygen atoms in total. The summed E-state index contributed by atoms with van der Waals surface area (Å²) in [5.41, 5.74) is 0. The van der Waals surface area contributed by atoms with Crippen molar-refractivity contribution in [3.8, 4) is 0 Å². The zero-order valence-electron chi connectivity index (χ0n) is 6.75. The minimum absolute atomic E-state index is 1.06. The second kappa shape index (κ2) is 4.37. The highest BCUT2D eigenvalue weighted by Crippen LogP contribution is 2.25. The van der Waals surface area contributed by atoms with Gasteiger partial charge in [-0.3, -0.25) is 0 Å². The molecule has 0 aliphatic carbocycles. The normalized spacial score (nSPS) is 10.4. The molecule has 0 saturated heterocycles. The van der Waals surface area contributed by atoms with Gasteiger partial charge in [0, 0.05) is 19.4 Å². The molecule has 0 amide bonds. The van der Waals surface area contributed by atoms with Crippen LogP contribution in [0.2, 0.25) is 0 Å². The van der Waals surface area contributed by atoms with Crippen molar-refractivity contribution in [1.82, 2.24) is 9.55 Å². The summed E-state index contributed by atoms with van der Waals surface area (Å²) in [5.74, 6) is 1.06. The first-order chi connectivity index (χ1) is 5.30. The average Bonchev–Trinajstić information content (AvgIpc) is 2.12. The molecule has 0 saturated carbocycles. The van der Waals surface area contributed by atoms with Gasteiger partial charge in [0.05, 0.1) is 0 Å². The van der Waals surface area contributed by atoms with Crippen molar-refractivity contribution >= 4 is 7.82 Å². The Morgan fingerprint density at radius 3 is 2.00 bits per heavy atom. The highest BCUT2D eigenvalue weighted by Gasteiger charge is 2.00. The van der Waals surface area contributed by atoms with E-state index in [9.17, 15) is 0 Å². The highest BCUT2D eigenvalue weighted by atomic mass is 31.2. The van der Waals surface area contributed by atoms with Crippen molar-refractivity contribution in [3.05, 3.63) is 18.2 Å². The fourth-order valence-corrected chi connectivity index (χ4v) is 0.440. The lowest BCUT2D eigenvalue weighted by molar-refractivity contribution is 0.275. The predicted octanol–water partition coefficient (Wildman–Crippen LogP) is -0.200. The fraction of sp³-hybridized carbons (Fsp3) is 0.400. The maximum absolute atomic E-state index is 8.88. The summed E-state index contributed by atoms with van der Waals surface area (Å²) < 4.78 is 10.9. The lowest BCUT2D eigenvalue weighted by atomic mass is 10.7. The Morgan fingerprint density at radius 1 is 1.50 bits per heavy atom. The Hall–Kier alpha value is -0.680. The first kappa shape index (κ1) is 11.3. The van der Waals surface area contributed by atoms with Gasteiger partial charge in [0.1, 0.15) is 5.82 Å². The molecule has 1 aromatic heterocycles. The Morgan fingerprint density at radius 2 is 1.92 bits per heavy atom. The number of aryl methyl sites for hydroxylation is 2. The van der Waals surface area contributed by atoms with Gasteiger partial charge < -0.3 is 19.2 Å². The molecule has 0 aliphatic rings. The fourth-order valence-electron chi connectivity index (χ4n) is 0.440. The molecule has 0 atom stereocenters. The molecular weight excluding hydrogens is 183 g/mol. The van der Waals surface area contributed by atoms with Crippen LogP contribution >= 0.6 is 7.82 Å². The van der Waals surface area contributed by atoms with Gasteiger partial charge in [0.2, 0.25) is 0 Å². The number of imidazole rings is 1. The lowest BCUT2D eigenvalue weighted by Crippen LogP contribution is -1.86. The molecule has 1 aromatic rings. The number of phosphoric acid groups is 1. The molecule has 12 heavy (non-hydrogen) atoms. The summed E-state index contributed by atoms with van der Waals surface area (Å²) in [6.45, 7) is 1.97. The number of hydrogen-bond acceptors (Lipinski definition) is 2. The van der Waals surface area contributed by atoms with Gasteiger partial charge in [0.25, 0.3) is 0 Å². The zero-order chi connectivity index (χ0) is 9.78. The van der Waals surface area contributed by atoms with Crippen molar-refractivity contribution in [1.29, 1.82) is 0 Å². The maximum Gasteiger partial charge on any atom is 0.466 e. The first-order valence-electron chi connectivity index (χ1n) is 3.03. The summed E-state index contributed by atoms with van der Waals surface area (Å²) in [5, 5.41) is 0. The molecule has 70 valence electrons. The maximum atomic E-state index is 8.88. The molecule has 3 N–H and O–H groups in total. The monoisotopic (exact) mass is 194 g/mol. The minimum atomic E-state index is -4.64. The van der Waals surface area contributed by atoms with Crippen LogP contribution in [0.25, 0.3) is 0 Å². The van der Waals surface area contributed by atoms with Gasteiger partial charge in [-0.25, -0.2) is 9.55 Å². The molecule has 7 heteroatoms. The largest absolute Gasteiger partial charge is 0.466 e. The van der Waals surface area contributed by atoms with Crippen LogP contribution in [0.3, 0.4) is 0 Å². The van der Waals surface area contributed by atoms with Crippen LogP contribution in [0.5, 0.6) is 0 Å². The van der Waals surface area contributed by atoms with Crippen molar-refractivity contribution in [2.24, 2.45) is 7.05 Å². The van der Waals surface area contributed by atoms with E-state index in [1.165, 1.54) is 0 Å². The molecule has 0 radical (unpaired) electrons. The third-order valence-corrected chi connectivity index (χ3v) is 1.06. The van der Waals surface area contributed by atoms with Crippen LogP contribution in [-0.2, 0) is 11.6 Å². The zero-order valence-corrected chi connectivity index (χ0v) is 7.64. The summed E-state index contributed by atoms with van der Waals surface area (Å²) in [7, 11) is -2.66. The van der Waals surface area contributed by atoms with E-state index < -0.39 is 7.82 Å². The van der Waals surface area contributed by atoms with Crippen LogP contribution in [-0.4, -0.2) is 24.2 Å². The van der Waals surface area contributed by atoms with Gasteiger partial charge in [-0.1, -0.05) is 0 Å². The van der Waals surface area contributed by atoms with Crippen LogP contribution in [0.1, 0.15) is 5.82 Å². The summed E-state index contributed by atoms with van der Waals surface area (Å²) >= 11 is 0.